The maximum atomic E-state index is 12.3. The number of rotatable bonds is 8. The Morgan fingerprint density at radius 3 is 2.41 bits per heavy atom. The zero-order chi connectivity index (χ0) is 20.2. The van der Waals surface area contributed by atoms with Gasteiger partial charge in [0.2, 0.25) is 15.2 Å². The first kappa shape index (κ1) is 21.5. The normalized spacial score (nSPS) is 12.7. The molecule has 2 aromatic rings. The highest BCUT2D eigenvalue weighted by molar-refractivity contribution is 8.01. The molecule has 0 bridgehead atoms. The second kappa shape index (κ2) is 8.89. The van der Waals surface area contributed by atoms with Gasteiger partial charge in [-0.25, -0.2) is 8.42 Å². The number of amides is 1. The van der Waals surface area contributed by atoms with Crippen molar-refractivity contribution in [1.29, 1.82) is 0 Å². The van der Waals surface area contributed by atoms with Gasteiger partial charge in [0.15, 0.2) is 10.4 Å². The molecule has 1 atom stereocenters. The zero-order valence-corrected chi connectivity index (χ0v) is 18.1. The second-order valence-corrected chi connectivity index (χ2v) is 10.8. The largest absolute Gasteiger partial charge is 0.481 e. The molecule has 0 fully saturated rings. The van der Waals surface area contributed by atoms with E-state index in [0.29, 0.717) is 21.8 Å². The molecule has 1 aromatic heterocycles. The predicted molar refractivity (Wildman–Crippen MR) is 109 cm³/mol. The number of hydrogen-bond donors (Lipinski definition) is 1. The van der Waals surface area contributed by atoms with Crippen molar-refractivity contribution in [3.8, 4) is 5.75 Å². The third-order valence-corrected chi connectivity index (χ3v) is 6.49. The maximum absolute atomic E-state index is 12.3. The maximum Gasteiger partial charge on any atom is 0.266 e. The van der Waals surface area contributed by atoms with Gasteiger partial charge in [-0.2, -0.15) is 0 Å². The highest BCUT2D eigenvalue weighted by Gasteiger charge is 2.18. The second-order valence-electron chi connectivity index (χ2n) is 6.01. The number of sulfonamides is 1. The molecule has 0 aliphatic carbocycles. The average Bonchev–Trinajstić information content (AvgIpc) is 3.00. The van der Waals surface area contributed by atoms with Crippen LogP contribution in [0, 0.1) is 0 Å². The van der Waals surface area contributed by atoms with Crippen LogP contribution in [-0.4, -0.2) is 49.2 Å². The van der Waals surface area contributed by atoms with Gasteiger partial charge in [0, 0.05) is 12.3 Å². The van der Waals surface area contributed by atoms with Crippen molar-refractivity contribution in [2.24, 2.45) is 0 Å². The number of nitrogens with one attached hydrogen (secondary N) is 1. The van der Waals surface area contributed by atoms with Crippen molar-refractivity contribution in [2.75, 3.05) is 22.9 Å². The topological polar surface area (TPSA) is 101 Å². The van der Waals surface area contributed by atoms with Gasteiger partial charge in [0.05, 0.1) is 11.9 Å². The van der Waals surface area contributed by atoms with Crippen LogP contribution in [0.3, 0.4) is 0 Å². The van der Waals surface area contributed by atoms with Crippen molar-refractivity contribution in [3.63, 3.8) is 0 Å². The lowest BCUT2D eigenvalue weighted by atomic mass is 10.3. The molecule has 0 saturated carbocycles. The summed E-state index contributed by atoms with van der Waals surface area (Å²) < 4.78 is 30.7. The Labute approximate surface area is 167 Å². The Morgan fingerprint density at radius 2 is 1.85 bits per heavy atom. The van der Waals surface area contributed by atoms with Crippen molar-refractivity contribution in [3.05, 3.63) is 24.3 Å². The van der Waals surface area contributed by atoms with E-state index in [1.54, 1.807) is 43.0 Å². The Kier molecular flexibility index (Phi) is 7.06. The van der Waals surface area contributed by atoms with Crippen LogP contribution >= 0.6 is 23.1 Å². The van der Waals surface area contributed by atoms with Crippen LogP contribution in [-0.2, 0) is 14.8 Å². The van der Waals surface area contributed by atoms with Gasteiger partial charge in [0.1, 0.15) is 5.75 Å². The molecule has 27 heavy (non-hydrogen) atoms. The summed E-state index contributed by atoms with van der Waals surface area (Å²) in [6.07, 6.45) is 0.371. The van der Waals surface area contributed by atoms with E-state index in [1.165, 1.54) is 18.4 Å². The highest BCUT2D eigenvalue weighted by atomic mass is 32.2. The van der Waals surface area contributed by atoms with Gasteiger partial charge < -0.3 is 4.74 Å². The molecule has 148 valence electrons. The molecule has 1 N–H and O–H groups in total. The van der Waals surface area contributed by atoms with Crippen molar-refractivity contribution >= 4 is 49.8 Å². The van der Waals surface area contributed by atoms with Gasteiger partial charge in [-0.3, -0.25) is 14.4 Å². The number of anilines is 2. The Balaban J connectivity index is 1.95. The van der Waals surface area contributed by atoms with E-state index >= 15 is 0 Å². The van der Waals surface area contributed by atoms with Crippen LogP contribution in [0.2, 0.25) is 0 Å². The SMILES string of the molecule is CC(C)Sc1nnc(NC(=O)C(C)Oc2ccc(N(C)S(C)(=O)=O)cc2)s1. The van der Waals surface area contributed by atoms with Crippen LogP contribution in [0.5, 0.6) is 5.75 Å². The number of ether oxygens (including phenoxy) is 1. The lowest BCUT2D eigenvalue weighted by Gasteiger charge is -2.18. The number of benzene rings is 1. The fourth-order valence-electron chi connectivity index (χ4n) is 1.90. The third-order valence-electron chi connectivity index (χ3n) is 3.35. The number of thioether (sulfide) groups is 1. The van der Waals surface area contributed by atoms with Crippen LogP contribution in [0.15, 0.2) is 28.6 Å². The molecule has 0 radical (unpaired) electrons. The minimum absolute atomic E-state index is 0.343. The highest BCUT2D eigenvalue weighted by Crippen LogP contribution is 2.28. The number of hydrogen-bond acceptors (Lipinski definition) is 8. The average molecular weight is 431 g/mol. The van der Waals surface area contributed by atoms with Crippen molar-refractivity contribution < 1.29 is 17.9 Å². The molecule has 0 saturated heterocycles. The summed E-state index contributed by atoms with van der Waals surface area (Å²) in [7, 11) is -1.86. The summed E-state index contributed by atoms with van der Waals surface area (Å²) in [5.41, 5.74) is 0.506. The Bertz CT molecular complexity index is 881. The van der Waals surface area contributed by atoms with Gasteiger partial charge in [-0.15, -0.1) is 10.2 Å². The van der Waals surface area contributed by atoms with Crippen LogP contribution < -0.4 is 14.4 Å². The first-order chi connectivity index (χ1) is 12.6. The smallest absolute Gasteiger partial charge is 0.266 e. The van der Waals surface area contributed by atoms with Gasteiger partial charge >= 0.3 is 0 Å². The molecule has 1 amide bonds. The molecule has 2 rings (SSSR count). The predicted octanol–water partition coefficient (Wildman–Crippen LogP) is 2.84. The molecule has 11 heteroatoms. The molecule has 8 nitrogen and oxygen atoms in total. The fraction of sp³-hybridized carbons (Fsp3) is 0.438. The molecule has 1 aromatic carbocycles. The van der Waals surface area contributed by atoms with E-state index in [9.17, 15) is 13.2 Å². The van der Waals surface area contributed by atoms with E-state index < -0.39 is 16.1 Å². The zero-order valence-electron chi connectivity index (χ0n) is 15.7. The van der Waals surface area contributed by atoms with Gasteiger partial charge in [-0.1, -0.05) is 36.9 Å². The minimum atomic E-state index is -3.33. The Morgan fingerprint density at radius 1 is 1.22 bits per heavy atom. The third kappa shape index (κ3) is 6.36. The van der Waals surface area contributed by atoms with E-state index in [2.05, 4.69) is 29.4 Å². The van der Waals surface area contributed by atoms with E-state index in [0.717, 1.165) is 14.9 Å². The standard InChI is InChI=1S/C16H22N4O4S3/c1-10(2)25-16-19-18-15(26-16)17-14(21)11(3)24-13-8-6-12(7-9-13)20(4)27(5,22)23/h6-11H,1-5H3,(H,17,18,21). The van der Waals surface area contributed by atoms with E-state index in [4.69, 9.17) is 4.74 Å². The summed E-state index contributed by atoms with van der Waals surface area (Å²) in [6, 6.07) is 6.45. The molecule has 1 heterocycles. The van der Waals surface area contributed by atoms with Crippen LogP contribution in [0.4, 0.5) is 10.8 Å². The number of carbonyl (C=O) groups excluding carboxylic acids is 1. The van der Waals surface area contributed by atoms with Crippen molar-refractivity contribution in [2.45, 2.75) is 36.5 Å². The summed E-state index contributed by atoms with van der Waals surface area (Å²) in [5, 5.41) is 11.5. The monoisotopic (exact) mass is 430 g/mol. The number of nitrogens with zero attached hydrogens (tertiary/aromatic N) is 3. The Hall–Kier alpha value is -1.85. The van der Waals surface area contributed by atoms with Crippen LogP contribution in [0.1, 0.15) is 20.8 Å². The first-order valence-corrected chi connectivity index (χ1v) is 11.6. The molecular weight excluding hydrogens is 408 g/mol. The summed E-state index contributed by atoms with van der Waals surface area (Å²) in [6.45, 7) is 5.73. The molecule has 1 unspecified atom stereocenters. The quantitative estimate of drug-likeness (QED) is 0.507. The van der Waals surface area contributed by atoms with Gasteiger partial charge in [-0.05, 0) is 31.2 Å². The van der Waals surface area contributed by atoms with Crippen molar-refractivity contribution in [1.82, 2.24) is 10.2 Å². The first-order valence-electron chi connectivity index (χ1n) is 8.08. The molecule has 0 spiro atoms. The molecule has 0 aliphatic heterocycles. The molecule has 0 aliphatic rings. The summed E-state index contributed by atoms with van der Waals surface area (Å²) in [5.74, 6) is 0.112. The number of carbonyl (C=O) groups is 1. The minimum Gasteiger partial charge on any atom is -0.481 e. The fourth-order valence-corrected chi connectivity index (χ4v) is 4.38. The molecular formula is C16H22N4O4S3. The lowest BCUT2D eigenvalue weighted by molar-refractivity contribution is -0.122. The van der Waals surface area contributed by atoms with E-state index in [1.807, 2.05) is 0 Å². The van der Waals surface area contributed by atoms with E-state index in [-0.39, 0.29) is 5.91 Å². The number of aromatic nitrogens is 2. The lowest BCUT2D eigenvalue weighted by Crippen LogP contribution is -2.30. The van der Waals surface area contributed by atoms with Gasteiger partial charge in [0.25, 0.3) is 5.91 Å². The summed E-state index contributed by atoms with van der Waals surface area (Å²) in [4.78, 5) is 12.3. The van der Waals surface area contributed by atoms with Crippen LogP contribution in [0.25, 0.3) is 0 Å². The summed E-state index contributed by atoms with van der Waals surface area (Å²) >= 11 is 2.89.